The van der Waals surface area contributed by atoms with E-state index in [1.807, 2.05) is 0 Å². The molecule has 0 aliphatic carbocycles. The van der Waals surface area contributed by atoms with Crippen LogP contribution in [0.3, 0.4) is 0 Å². The molecule has 0 aliphatic rings. The molecule has 0 atom stereocenters. The molecule has 3 aromatic carbocycles. The topological polar surface area (TPSA) is 138 Å². The van der Waals surface area contributed by atoms with Gasteiger partial charge in [0.15, 0.2) is 0 Å². The maximum atomic E-state index is 13.0. The van der Waals surface area contributed by atoms with Gasteiger partial charge in [-0.25, -0.2) is 8.42 Å². The highest BCUT2D eigenvalue weighted by Crippen LogP contribution is 2.32. The number of aromatic nitrogens is 1. The van der Waals surface area contributed by atoms with Crippen LogP contribution >= 0.6 is 22.9 Å². The third kappa shape index (κ3) is 4.28. The molecular formula is C21H14ClN3O6S3. The van der Waals surface area contributed by atoms with Gasteiger partial charge in [0.2, 0.25) is 5.09 Å². The van der Waals surface area contributed by atoms with Gasteiger partial charge < -0.3 is 9.40 Å². The largest absolute Gasteiger partial charge is 0.443 e. The number of para-hydroxylation sites is 1. The first-order chi connectivity index (χ1) is 16.1. The van der Waals surface area contributed by atoms with Gasteiger partial charge in [-0.05, 0) is 42.5 Å². The summed E-state index contributed by atoms with van der Waals surface area (Å²) >= 11 is 6.92. The molecule has 5 rings (SSSR count). The van der Waals surface area contributed by atoms with E-state index in [2.05, 4.69) is 14.4 Å². The number of hydrogen-bond acceptors (Lipinski definition) is 7. The average Bonchev–Trinajstić information content (AvgIpc) is 3.38. The SMILES string of the molecule is O=c1[nH]c2ccc(S(=O)(=O)Nc3ccc(Cl)cc3NS(=O)(=O)c3cc4ccccc4o3)cc2s1. The number of aromatic amines is 1. The summed E-state index contributed by atoms with van der Waals surface area (Å²) in [6.07, 6.45) is 0. The van der Waals surface area contributed by atoms with Crippen LogP contribution in [0.25, 0.3) is 21.2 Å². The predicted molar refractivity (Wildman–Crippen MR) is 132 cm³/mol. The second-order valence-electron chi connectivity index (χ2n) is 7.18. The lowest BCUT2D eigenvalue weighted by atomic mass is 10.3. The van der Waals surface area contributed by atoms with Crippen molar-refractivity contribution in [2.24, 2.45) is 0 Å². The van der Waals surface area contributed by atoms with Crippen LogP contribution < -0.4 is 14.3 Å². The molecule has 9 nitrogen and oxygen atoms in total. The first-order valence-corrected chi connectivity index (χ1v) is 13.7. The molecule has 0 saturated heterocycles. The lowest BCUT2D eigenvalue weighted by Gasteiger charge is -2.14. The number of benzene rings is 3. The number of H-pyrrole nitrogens is 1. The number of sulfonamides is 2. The molecule has 13 heteroatoms. The normalized spacial score (nSPS) is 12.3. The summed E-state index contributed by atoms with van der Waals surface area (Å²) in [5.74, 6) is 0. The van der Waals surface area contributed by atoms with Crippen LogP contribution in [0.1, 0.15) is 0 Å². The molecule has 0 fully saturated rings. The van der Waals surface area contributed by atoms with E-state index in [1.54, 1.807) is 24.3 Å². The predicted octanol–water partition coefficient (Wildman–Crippen LogP) is 4.59. The molecule has 0 spiro atoms. The van der Waals surface area contributed by atoms with Gasteiger partial charge in [0.05, 0.1) is 26.5 Å². The van der Waals surface area contributed by atoms with Crippen LogP contribution in [0.5, 0.6) is 0 Å². The summed E-state index contributed by atoms with van der Waals surface area (Å²) in [7, 11) is -8.34. The van der Waals surface area contributed by atoms with Crippen LogP contribution in [0.4, 0.5) is 11.4 Å². The quantitative estimate of drug-likeness (QED) is 0.290. The molecule has 174 valence electrons. The van der Waals surface area contributed by atoms with Crippen LogP contribution in [-0.4, -0.2) is 21.8 Å². The van der Waals surface area contributed by atoms with Gasteiger partial charge in [-0.15, -0.1) is 0 Å². The number of hydrogen-bond donors (Lipinski definition) is 3. The Morgan fingerprint density at radius 3 is 2.41 bits per heavy atom. The van der Waals surface area contributed by atoms with Crippen LogP contribution in [0, 0.1) is 0 Å². The number of rotatable bonds is 6. The number of furan rings is 1. The maximum Gasteiger partial charge on any atom is 0.305 e. The molecule has 0 bridgehead atoms. The van der Waals surface area contributed by atoms with Crippen molar-refractivity contribution in [3.8, 4) is 0 Å². The number of thiazole rings is 1. The zero-order valence-electron chi connectivity index (χ0n) is 16.9. The zero-order valence-corrected chi connectivity index (χ0v) is 20.1. The Morgan fingerprint density at radius 2 is 1.62 bits per heavy atom. The zero-order chi connectivity index (χ0) is 24.1. The first-order valence-electron chi connectivity index (χ1n) is 9.57. The smallest absolute Gasteiger partial charge is 0.305 e. The lowest BCUT2D eigenvalue weighted by molar-refractivity contribution is 0.484. The third-order valence-electron chi connectivity index (χ3n) is 4.84. The van der Waals surface area contributed by atoms with Gasteiger partial charge in [0, 0.05) is 16.5 Å². The van der Waals surface area contributed by atoms with Gasteiger partial charge >= 0.3 is 4.87 Å². The molecule has 34 heavy (non-hydrogen) atoms. The van der Waals surface area contributed by atoms with Crippen molar-refractivity contribution in [2.75, 3.05) is 9.44 Å². The summed E-state index contributed by atoms with van der Waals surface area (Å²) in [4.78, 5) is 13.7. The summed E-state index contributed by atoms with van der Waals surface area (Å²) < 4.78 is 62.6. The minimum atomic E-state index is -4.21. The van der Waals surface area contributed by atoms with E-state index in [9.17, 15) is 21.6 Å². The fraction of sp³-hybridized carbons (Fsp3) is 0. The van der Waals surface area contributed by atoms with Crippen molar-refractivity contribution < 1.29 is 21.3 Å². The van der Waals surface area contributed by atoms with Crippen molar-refractivity contribution in [1.29, 1.82) is 0 Å². The Balaban J connectivity index is 1.50. The number of anilines is 2. The van der Waals surface area contributed by atoms with E-state index in [0.717, 1.165) is 11.3 Å². The van der Waals surface area contributed by atoms with Crippen LogP contribution in [0.2, 0.25) is 5.02 Å². The molecule has 5 aromatic rings. The van der Waals surface area contributed by atoms with Gasteiger partial charge in [-0.3, -0.25) is 14.2 Å². The van der Waals surface area contributed by atoms with Gasteiger partial charge in [0.25, 0.3) is 20.0 Å². The molecule has 3 N–H and O–H groups in total. The second kappa shape index (κ2) is 8.17. The highest BCUT2D eigenvalue weighted by atomic mass is 35.5. The molecule has 0 aliphatic heterocycles. The molecular weight excluding hydrogens is 522 g/mol. The van der Waals surface area contributed by atoms with E-state index in [0.29, 0.717) is 21.2 Å². The molecule has 2 aromatic heterocycles. The number of nitrogens with one attached hydrogen (secondary N) is 3. The monoisotopic (exact) mass is 535 g/mol. The Labute approximate surface area is 202 Å². The fourth-order valence-electron chi connectivity index (χ4n) is 3.27. The summed E-state index contributed by atoms with van der Waals surface area (Å²) in [6, 6.07) is 16.4. The third-order valence-corrected chi connectivity index (χ3v) is 8.50. The average molecular weight is 536 g/mol. The standard InChI is InChI=1S/C21H14ClN3O6S3/c22-13-5-7-15(24-33(27,28)14-6-8-16-19(11-14)32-21(26)23-16)17(10-13)25-34(29,30)20-9-12-3-1-2-4-18(12)31-20/h1-11,24-25H,(H,23,26). The minimum absolute atomic E-state index is 0.0496. The van der Waals surface area contributed by atoms with Gasteiger partial charge in [-0.2, -0.15) is 8.42 Å². The number of fused-ring (bicyclic) bond motifs is 2. The Hall–Kier alpha value is -3.32. The maximum absolute atomic E-state index is 13.0. The summed E-state index contributed by atoms with van der Waals surface area (Å²) in [6.45, 7) is 0. The van der Waals surface area contributed by atoms with Gasteiger partial charge in [0.1, 0.15) is 5.58 Å². The van der Waals surface area contributed by atoms with Crippen molar-refractivity contribution in [1.82, 2.24) is 4.98 Å². The Bertz CT molecular complexity index is 1810. The van der Waals surface area contributed by atoms with E-state index in [1.165, 1.54) is 42.5 Å². The van der Waals surface area contributed by atoms with E-state index in [4.69, 9.17) is 16.0 Å². The van der Waals surface area contributed by atoms with E-state index >= 15 is 0 Å². The molecule has 2 heterocycles. The van der Waals surface area contributed by atoms with E-state index < -0.39 is 20.0 Å². The van der Waals surface area contributed by atoms with Gasteiger partial charge in [-0.1, -0.05) is 41.1 Å². The molecule has 0 amide bonds. The Morgan fingerprint density at radius 1 is 0.853 bits per heavy atom. The number of halogens is 1. The van der Waals surface area contributed by atoms with Crippen LogP contribution in [-0.2, 0) is 20.0 Å². The highest BCUT2D eigenvalue weighted by molar-refractivity contribution is 7.93. The summed E-state index contributed by atoms with van der Waals surface area (Å²) in [5.41, 5.74) is 0.757. The Kier molecular flexibility index (Phi) is 5.40. The highest BCUT2D eigenvalue weighted by Gasteiger charge is 2.23. The first kappa shape index (κ1) is 22.5. The minimum Gasteiger partial charge on any atom is -0.443 e. The van der Waals surface area contributed by atoms with Crippen LogP contribution in [0.15, 0.2) is 85.9 Å². The van der Waals surface area contributed by atoms with Crippen molar-refractivity contribution in [3.05, 3.63) is 81.4 Å². The molecule has 0 unspecified atom stereocenters. The van der Waals surface area contributed by atoms with E-state index in [-0.39, 0.29) is 31.3 Å². The van der Waals surface area contributed by atoms with Crippen molar-refractivity contribution in [2.45, 2.75) is 9.99 Å². The fourth-order valence-corrected chi connectivity index (χ4v) is 6.44. The van der Waals surface area contributed by atoms with Crippen molar-refractivity contribution >= 4 is 75.5 Å². The molecule has 0 saturated carbocycles. The molecule has 0 radical (unpaired) electrons. The summed E-state index contributed by atoms with van der Waals surface area (Å²) in [5, 5.41) is 0.441. The second-order valence-corrected chi connectivity index (χ2v) is 11.9. The lowest BCUT2D eigenvalue weighted by Crippen LogP contribution is -2.17. The van der Waals surface area contributed by atoms with Crippen molar-refractivity contribution in [3.63, 3.8) is 0 Å².